The molecule has 0 aliphatic heterocycles. The zero-order valence-corrected chi connectivity index (χ0v) is 6.23. The van der Waals surface area contributed by atoms with Crippen LogP contribution in [0.3, 0.4) is 0 Å². The Balaban J connectivity index is 3.14. The van der Waals surface area contributed by atoms with Crippen LogP contribution in [0.5, 0.6) is 0 Å². The van der Waals surface area contributed by atoms with Gasteiger partial charge in [0.2, 0.25) is 0 Å². The summed E-state index contributed by atoms with van der Waals surface area (Å²) < 4.78 is 36.5. The average molecular weight is 174 g/mol. The van der Waals surface area contributed by atoms with Crippen molar-refractivity contribution in [3.63, 3.8) is 0 Å². The second-order valence-electron chi connectivity index (χ2n) is 2.25. The van der Waals surface area contributed by atoms with Crippen LogP contribution in [0.15, 0.2) is 18.3 Å². The first-order valence-electron chi connectivity index (χ1n) is 3.36. The largest absolute Gasteiger partial charge is 0.418 e. The summed E-state index contributed by atoms with van der Waals surface area (Å²) in [6.45, 7) is 3.37. The van der Waals surface area contributed by atoms with E-state index < -0.39 is 11.7 Å². The van der Waals surface area contributed by atoms with Gasteiger partial charge in [0.15, 0.2) is 0 Å². The molecule has 0 fully saturated rings. The van der Waals surface area contributed by atoms with Crippen LogP contribution in [0.1, 0.15) is 11.3 Å². The zero-order valence-electron chi connectivity index (χ0n) is 6.23. The molecule has 0 bridgehead atoms. The summed E-state index contributed by atoms with van der Waals surface area (Å²) in [5, 5.41) is 0. The average Bonchev–Trinajstić information content (AvgIpc) is 2.03. The third-order valence-corrected chi connectivity index (χ3v) is 1.43. The molecule has 0 aliphatic rings. The minimum absolute atomic E-state index is 0.00926. The third kappa shape index (κ3) is 1.75. The van der Waals surface area contributed by atoms with Gasteiger partial charge in [-0.05, 0) is 25.5 Å². The fourth-order valence-corrected chi connectivity index (χ4v) is 0.895. The van der Waals surface area contributed by atoms with Gasteiger partial charge in [-0.1, -0.05) is 0 Å². The van der Waals surface area contributed by atoms with E-state index >= 15 is 0 Å². The van der Waals surface area contributed by atoms with E-state index in [0.29, 0.717) is 0 Å². The van der Waals surface area contributed by atoms with Gasteiger partial charge in [-0.3, -0.25) is 4.98 Å². The van der Waals surface area contributed by atoms with Gasteiger partial charge in [-0.15, -0.1) is 0 Å². The molecule has 1 rings (SSSR count). The minimum Gasteiger partial charge on any atom is -0.261 e. The summed E-state index contributed by atoms with van der Waals surface area (Å²) in [5.74, 6) is 0. The smallest absolute Gasteiger partial charge is 0.261 e. The molecular weight excluding hydrogens is 167 g/mol. The van der Waals surface area contributed by atoms with Crippen LogP contribution in [0.2, 0.25) is 0 Å². The van der Waals surface area contributed by atoms with Crippen molar-refractivity contribution < 1.29 is 13.2 Å². The van der Waals surface area contributed by atoms with E-state index in [9.17, 15) is 13.2 Å². The molecule has 0 atom stereocenters. The predicted octanol–water partition coefficient (Wildman–Crippen LogP) is 2.48. The van der Waals surface area contributed by atoms with Crippen LogP contribution in [0, 0.1) is 6.92 Å². The van der Waals surface area contributed by atoms with Crippen LogP contribution < -0.4 is 0 Å². The topological polar surface area (TPSA) is 12.9 Å². The molecule has 1 aromatic heterocycles. The van der Waals surface area contributed by atoms with Crippen molar-refractivity contribution in [2.45, 2.75) is 12.6 Å². The minimum atomic E-state index is -4.32. The number of halogens is 3. The molecule has 0 aliphatic carbocycles. The quantitative estimate of drug-likeness (QED) is 0.637. The Labute approximate surface area is 68.2 Å². The van der Waals surface area contributed by atoms with Gasteiger partial charge < -0.3 is 0 Å². The molecule has 0 unspecified atom stereocenters. The van der Waals surface area contributed by atoms with E-state index in [1.165, 1.54) is 12.3 Å². The number of nitrogens with zero attached hydrogens (tertiary/aromatic N) is 1. The summed E-state index contributed by atoms with van der Waals surface area (Å²) in [6, 6.07) is 2.27. The third-order valence-electron chi connectivity index (χ3n) is 1.43. The van der Waals surface area contributed by atoms with E-state index in [1.807, 2.05) is 0 Å². The molecule has 1 heterocycles. The van der Waals surface area contributed by atoms with Gasteiger partial charge in [0.05, 0.1) is 11.3 Å². The molecule has 12 heavy (non-hydrogen) atoms. The number of pyridine rings is 1. The van der Waals surface area contributed by atoms with Gasteiger partial charge in [0, 0.05) is 6.20 Å². The van der Waals surface area contributed by atoms with Gasteiger partial charge in [0.25, 0.3) is 0 Å². The lowest BCUT2D eigenvalue weighted by Crippen LogP contribution is -2.09. The first-order chi connectivity index (χ1) is 5.55. The number of hydrogen-bond donors (Lipinski definition) is 0. The zero-order chi connectivity index (χ0) is 9.19. The second kappa shape index (κ2) is 3.13. The number of alkyl halides is 3. The molecule has 1 aromatic rings. The molecule has 1 nitrogen and oxygen atoms in total. The molecule has 0 saturated heterocycles. The Morgan fingerprint density at radius 1 is 1.42 bits per heavy atom. The Morgan fingerprint density at radius 2 is 2.08 bits per heavy atom. The van der Waals surface area contributed by atoms with Crippen molar-refractivity contribution in [2.75, 3.05) is 0 Å². The highest BCUT2D eigenvalue weighted by Gasteiger charge is 2.33. The van der Waals surface area contributed by atoms with Gasteiger partial charge in [0.1, 0.15) is 0 Å². The first kappa shape index (κ1) is 9.03. The molecule has 65 valence electrons. The van der Waals surface area contributed by atoms with E-state index in [-0.39, 0.29) is 12.1 Å². The molecule has 0 saturated carbocycles. The lowest BCUT2D eigenvalue weighted by atomic mass is 10.1. The SMILES string of the molecule is [CH2]Cc1ncccc1C(F)(F)F. The lowest BCUT2D eigenvalue weighted by molar-refractivity contribution is -0.138. The van der Waals surface area contributed by atoms with Crippen molar-refractivity contribution in [3.05, 3.63) is 36.5 Å². The van der Waals surface area contributed by atoms with Gasteiger partial charge >= 0.3 is 6.18 Å². The van der Waals surface area contributed by atoms with Crippen LogP contribution >= 0.6 is 0 Å². The summed E-state index contributed by atoms with van der Waals surface area (Å²) in [5.41, 5.74) is -0.704. The van der Waals surface area contributed by atoms with Crippen LogP contribution in [0.4, 0.5) is 13.2 Å². The van der Waals surface area contributed by atoms with Crippen molar-refractivity contribution in [1.82, 2.24) is 4.98 Å². The monoisotopic (exact) mass is 174 g/mol. The van der Waals surface area contributed by atoms with Gasteiger partial charge in [-0.2, -0.15) is 13.2 Å². The molecule has 0 spiro atoms. The first-order valence-corrected chi connectivity index (χ1v) is 3.36. The molecule has 4 heteroatoms. The fourth-order valence-electron chi connectivity index (χ4n) is 0.895. The van der Waals surface area contributed by atoms with Crippen molar-refractivity contribution in [2.24, 2.45) is 0 Å². The maximum Gasteiger partial charge on any atom is 0.418 e. The highest BCUT2D eigenvalue weighted by molar-refractivity contribution is 5.23. The highest BCUT2D eigenvalue weighted by atomic mass is 19.4. The molecule has 0 amide bonds. The summed E-state index contributed by atoms with van der Waals surface area (Å²) in [4.78, 5) is 3.58. The highest BCUT2D eigenvalue weighted by Crippen LogP contribution is 2.30. The van der Waals surface area contributed by atoms with Gasteiger partial charge in [-0.25, -0.2) is 0 Å². The Hall–Kier alpha value is -1.06. The van der Waals surface area contributed by atoms with Crippen molar-refractivity contribution in [3.8, 4) is 0 Å². The predicted molar refractivity (Wildman–Crippen MR) is 38.3 cm³/mol. The van der Waals surface area contributed by atoms with E-state index in [0.717, 1.165) is 6.07 Å². The summed E-state index contributed by atoms with van der Waals surface area (Å²) in [7, 11) is 0. The molecular formula is C8H7F3N. The lowest BCUT2D eigenvalue weighted by Gasteiger charge is -2.09. The fraction of sp³-hybridized carbons (Fsp3) is 0.250. The maximum absolute atomic E-state index is 12.2. The maximum atomic E-state index is 12.2. The standard InChI is InChI=1S/C8H7F3N/c1-2-7-6(8(9,10)11)4-3-5-12-7/h3-5H,1-2H2. The van der Waals surface area contributed by atoms with Crippen molar-refractivity contribution in [1.29, 1.82) is 0 Å². The van der Waals surface area contributed by atoms with E-state index in [1.54, 1.807) is 0 Å². The van der Waals surface area contributed by atoms with Crippen molar-refractivity contribution >= 4 is 0 Å². The number of hydrogen-bond acceptors (Lipinski definition) is 1. The Bertz CT molecular complexity index is 267. The summed E-state index contributed by atoms with van der Waals surface area (Å²) in [6.07, 6.45) is -2.94. The normalized spacial score (nSPS) is 11.7. The molecule has 1 radical (unpaired) electrons. The van der Waals surface area contributed by atoms with Crippen LogP contribution in [-0.4, -0.2) is 4.98 Å². The van der Waals surface area contributed by atoms with E-state index in [4.69, 9.17) is 0 Å². The Kier molecular flexibility index (Phi) is 2.35. The second-order valence-corrected chi connectivity index (χ2v) is 2.25. The molecule has 0 aromatic carbocycles. The molecule has 0 N–H and O–H groups in total. The summed E-state index contributed by atoms with van der Waals surface area (Å²) >= 11 is 0. The van der Waals surface area contributed by atoms with Crippen LogP contribution in [0.25, 0.3) is 0 Å². The number of aromatic nitrogens is 1. The number of rotatable bonds is 1. The Morgan fingerprint density at radius 3 is 2.50 bits per heavy atom. The van der Waals surface area contributed by atoms with E-state index in [2.05, 4.69) is 11.9 Å². The van der Waals surface area contributed by atoms with Crippen LogP contribution in [-0.2, 0) is 12.6 Å².